The summed E-state index contributed by atoms with van der Waals surface area (Å²) in [5, 5.41) is 23.5. The smallest absolute Gasteiger partial charge is 0.171 e. The number of thiocarbonyl (C=S) groups is 1. The Kier molecular flexibility index (Phi) is 5.53. The van der Waals surface area contributed by atoms with Crippen molar-refractivity contribution in [2.24, 2.45) is 10.2 Å². The van der Waals surface area contributed by atoms with Crippen LogP contribution in [-0.4, -0.2) is 5.11 Å². The zero-order valence-corrected chi connectivity index (χ0v) is 19.7. The van der Waals surface area contributed by atoms with E-state index in [4.69, 9.17) is 12.2 Å². The lowest BCUT2D eigenvalue weighted by Crippen LogP contribution is -2.27. The number of rotatable bonds is 5. The maximum absolute atomic E-state index is 5.57. The van der Waals surface area contributed by atoms with Gasteiger partial charge in [0.1, 0.15) is 0 Å². The van der Waals surface area contributed by atoms with Crippen molar-refractivity contribution in [2.45, 2.75) is 6.54 Å². The highest BCUT2D eigenvalue weighted by atomic mass is 32.1. The fourth-order valence-electron chi connectivity index (χ4n) is 4.52. The Morgan fingerprint density at radius 3 is 1.97 bits per heavy atom. The molecule has 0 aliphatic carbocycles. The third-order valence-electron chi connectivity index (χ3n) is 6.22. The molecule has 0 aliphatic rings. The molecule has 2 N–H and O–H groups in total. The van der Waals surface area contributed by atoms with E-state index in [2.05, 4.69) is 75.5 Å². The minimum Gasteiger partial charge on any atom is -0.358 e. The first kappa shape index (κ1) is 21.2. The summed E-state index contributed by atoms with van der Waals surface area (Å²) >= 11 is 5.57. The third kappa shape index (κ3) is 4.29. The van der Waals surface area contributed by atoms with Gasteiger partial charge in [-0.2, -0.15) is 10.2 Å². The lowest BCUT2D eigenvalue weighted by Gasteiger charge is -2.15. The van der Waals surface area contributed by atoms with Gasteiger partial charge in [-0.1, -0.05) is 72.8 Å². The fraction of sp³-hybridized carbons (Fsp3) is 0.0333. The molecule has 6 rings (SSSR count). The van der Waals surface area contributed by atoms with Gasteiger partial charge in [0.05, 0.1) is 11.4 Å². The van der Waals surface area contributed by atoms with Gasteiger partial charge in [-0.3, -0.25) is 0 Å². The Balaban J connectivity index is 1.15. The van der Waals surface area contributed by atoms with Gasteiger partial charge in [-0.05, 0) is 86.5 Å². The van der Waals surface area contributed by atoms with Crippen molar-refractivity contribution in [3.63, 3.8) is 0 Å². The Morgan fingerprint density at radius 2 is 1.23 bits per heavy atom. The van der Waals surface area contributed by atoms with Crippen LogP contribution in [0.4, 0.5) is 17.1 Å². The van der Waals surface area contributed by atoms with E-state index in [0.29, 0.717) is 11.7 Å². The molecule has 0 saturated heterocycles. The van der Waals surface area contributed by atoms with Crippen molar-refractivity contribution < 1.29 is 0 Å². The van der Waals surface area contributed by atoms with Crippen molar-refractivity contribution >= 4 is 66.7 Å². The van der Waals surface area contributed by atoms with Gasteiger partial charge < -0.3 is 10.6 Å². The highest BCUT2D eigenvalue weighted by molar-refractivity contribution is 7.80. The Labute approximate surface area is 208 Å². The molecule has 0 unspecified atom stereocenters. The molecule has 0 radical (unpaired) electrons. The van der Waals surface area contributed by atoms with E-state index < -0.39 is 0 Å². The highest BCUT2D eigenvalue weighted by Gasteiger charge is 2.11. The molecule has 0 fully saturated rings. The van der Waals surface area contributed by atoms with Crippen LogP contribution in [0.3, 0.4) is 0 Å². The second-order valence-corrected chi connectivity index (χ2v) is 8.88. The second-order valence-electron chi connectivity index (χ2n) is 8.47. The van der Waals surface area contributed by atoms with Gasteiger partial charge in [-0.25, -0.2) is 0 Å². The predicted molar refractivity (Wildman–Crippen MR) is 150 cm³/mol. The number of anilines is 1. The summed E-state index contributed by atoms with van der Waals surface area (Å²) in [6.45, 7) is 0.642. The summed E-state index contributed by atoms with van der Waals surface area (Å²) in [5.74, 6) is 0. The van der Waals surface area contributed by atoms with E-state index in [1.165, 1.54) is 37.9 Å². The van der Waals surface area contributed by atoms with Crippen LogP contribution in [0.25, 0.3) is 32.3 Å². The molecule has 0 spiro atoms. The van der Waals surface area contributed by atoms with Gasteiger partial charge in [0, 0.05) is 12.2 Å². The van der Waals surface area contributed by atoms with Crippen LogP contribution in [0.2, 0.25) is 0 Å². The van der Waals surface area contributed by atoms with E-state index in [1.807, 2.05) is 54.6 Å². The molecule has 0 aliphatic heterocycles. The van der Waals surface area contributed by atoms with Crippen LogP contribution in [0, 0.1) is 0 Å². The van der Waals surface area contributed by atoms with Gasteiger partial charge in [0.15, 0.2) is 5.11 Å². The third-order valence-corrected chi connectivity index (χ3v) is 6.47. The van der Waals surface area contributed by atoms with E-state index in [-0.39, 0.29) is 0 Å². The molecule has 6 aromatic carbocycles. The lowest BCUT2D eigenvalue weighted by atomic mass is 9.92. The summed E-state index contributed by atoms with van der Waals surface area (Å²) in [6, 6.07) is 37.1. The topological polar surface area (TPSA) is 48.8 Å². The molecule has 6 aromatic rings. The van der Waals surface area contributed by atoms with Gasteiger partial charge >= 0.3 is 0 Å². The van der Waals surface area contributed by atoms with Crippen LogP contribution < -0.4 is 10.6 Å². The van der Waals surface area contributed by atoms with Gasteiger partial charge in [0.2, 0.25) is 0 Å². The summed E-state index contributed by atoms with van der Waals surface area (Å²) in [6.07, 6.45) is 0. The first-order valence-corrected chi connectivity index (χ1v) is 11.9. The van der Waals surface area contributed by atoms with Gasteiger partial charge in [0.25, 0.3) is 0 Å². The average molecular weight is 471 g/mol. The molecular formula is C30H22N4S. The minimum absolute atomic E-state index is 0.578. The first-order valence-electron chi connectivity index (χ1n) is 11.5. The second kappa shape index (κ2) is 9.12. The number of azo groups is 1. The summed E-state index contributed by atoms with van der Waals surface area (Å²) in [7, 11) is 0. The van der Waals surface area contributed by atoms with Gasteiger partial charge in [-0.15, -0.1) is 0 Å². The van der Waals surface area contributed by atoms with E-state index in [9.17, 15) is 0 Å². The number of hydrogen-bond acceptors (Lipinski definition) is 3. The summed E-state index contributed by atoms with van der Waals surface area (Å²) < 4.78 is 0. The molecule has 4 nitrogen and oxygen atoms in total. The minimum atomic E-state index is 0.578. The number of hydrogen-bond donors (Lipinski definition) is 2. The largest absolute Gasteiger partial charge is 0.358 e. The van der Waals surface area contributed by atoms with Crippen LogP contribution >= 0.6 is 12.2 Å². The molecule has 0 heterocycles. The molecular weight excluding hydrogens is 448 g/mol. The molecule has 5 heteroatoms. The zero-order chi connectivity index (χ0) is 23.6. The molecule has 0 amide bonds. The summed E-state index contributed by atoms with van der Waals surface area (Å²) in [4.78, 5) is 0. The summed E-state index contributed by atoms with van der Waals surface area (Å²) in [5.41, 5.74) is 3.73. The zero-order valence-electron chi connectivity index (χ0n) is 18.9. The van der Waals surface area contributed by atoms with Crippen molar-refractivity contribution in [3.8, 4) is 0 Å². The van der Waals surface area contributed by atoms with Crippen LogP contribution in [0.15, 0.2) is 119 Å². The maximum Gasteiger partial charge on any atom is 0.171 e. The van der Waals surface area contributed by atoms with E-state index in [1.54, 1.807) is 0 Å². The Morgan fingerprint density at radius 1 is 0.600 bits per heavy atom. The Hall–Kier alpha value is -4.35. The normalized spacial score (nSPS) is 11.5. The first-order chi connectivity index (χ1) is 17.2. The Bertz CT molecular complexity index is 1660. The van der Waals surface area contributed by atoms with Crippen molar-refractivity contribution in [1.82, 2.24) is 5.32 Å². The van der Waals surface area contributed by atoms with Crippen molar-refractivity contribution in [3.05, 3.63) is 115 Å². The molecule has 0 aromatic heterocycles. The van der Waals surface area contributed by atoms with Crippen LogP contribution in [0.5, 0.6) is 0 Å². The van der Waals surface area contributed by atoms with Crippen LogP contribution in [0.1, 0.15) is 5.56 Å². The SMILES string of the molecule is S=C(NCc1ccc2ccc3cccc4ccc1c2c34)Nc1ccc(N=Nc2ccccc2)cc1. The number of nitrogens with one attached hydrogen (secondary N) is 2. The molecule has 168 valence electrons. The van der Waals surface area contributed by atoms with E-state index in [0.717, 1.165) is 17.1 Å². The highest BCUT2D eigenvalue weighted by Crippen LogP contribution is 2.35. The molecule has 0 saturated carbocycles. The molecule has 35 heavy (non-hydrogen) atoms. The molecule has 0 bridgehead atoms. The number of benzene rings is 6. The maximum atomic E-state index is 5.57. The predicted octanol–water partition coefficient (Wildman–Crippen LogP) is 8.49. The monoisotopic (exact) mass is 470 g/mol. The lowest BCUT2D eigenvalue weighted by molar-refractivity contribution is 0.935. The van der Waals surface area contributed by atoms with E-state index >= 15 is 0 Å². The fourth-order valence-corrected chi connectivity index (χ4v) is 4.71. The quantitative estimate of drug-likeness (QED) is 0.151. The number of nitrogens with zero attached hydrogens (tertiary/aromatic N) is 2. The molecule has 0 atom stereocenters. The van der Waals surface area contributed by atoms with Crippen LogP contribution in [-0.2, 0) is 6.54 Å². The van der Waals surface area contributed by atoms with Crippen molar-refractivity contribution in [1.29, 1.82) is 0 Å². The average Bonchev–Trinajstić information content (AvgIpc) is 2.91. The van der Waals surface area contributed by atoms with Crippen molar-refractivity contribution in [2.75, 3.05) is 5.32 Å². The standard InChI is InChI=1S/C30H22N4S/c35-30(32-24-14-16-26(17-15-24)34-33-25-7-2-1-3-8-25)31-19-23-12-11-22-10-9-20-5-4-6-21-13-18-27(23)29(22)28(20)21/h1-18H,19H2,(H2,31,32,35).